The molecule has 0 saturated carbocycles. The standard InChI is InChI=1S/C22H27N3O3S/c1-15-8-9-20-18(12-15)19-14-24(4)11-10-21(19)25(20)22(26)16-6-5-7-17(13-16)29(27,28)23(2)3/h5-9,12-13,19,21H,10-11,14H2,1-4H3/t19-,21+/m1/s1. The molecule has 4 rings (SSSR count). The summed E-state index contributed by atoms with van der Waals surface area (Å²) in [6.07, 6.45) is 0.899. The number of anilines is 1. The quantitative estimate of drug-likeness (QED) is 0.776. The molecule has 154 valence electrons. The van der Waals surface area contributed by atoms with Crippen molar-refractivity contribution in [2.75, 3.05) is 39.1 Å². The van der Waals surface area contributed by atoms with Gasteiger partial charge in [-0.15, -0.1) is 0 Å². The van der Waals surface area contributed by atoms with Crippen molar-refractivity contribution in [2.45, 2.75) is 30.2 Å². The molecule has 0 spiro atoms. The van der Waals surface area contributed by atoms with E-state index in [-0.39, 0.29) is 22.8 Å². The van der Waals surface area contributed by atoms with E-state index >= 15 is 0 Å². The summed E-state index contributed by atoms with van der Waals surface area (Å²) in [6.45, 7) is 3.93. The van der Waals surface area contributed by atoms with Gasteiger partial charge in [-0.25, -0.2) is 12.7 Å². The summed E-state index contributed by atoms with van der Waals surface area (Å²) >= 11 is 0. The minimum atomic E-state index is -3.60. The molecule has 0 N–H and O–H groups in total. The van der Waals surface area contributed by atoms with Gasteiger partial charge in [0.15, 0.2) is 0 Å². The SMILES string of the molecule is Cc1ccc2c(c1)[C@H]1CN(C)CC[C@@H]1N2C(=O)c1cccc(S(=O)(=O)N(C)C)c1. The molecule has 1 amide bonds. The van der Waals surface area contributed by atoms with Crippen LogP contribution in [0, 0.1) is 6.92 Å². The zero-order chi connectivity index (χ0) is 20.9. The van der Waals surface area contributed by atoms with Gasteiger partial charge >= 0.3 is 0 Å². The van der Waals surface area contributed by atoms with E-state index in [1.807, 2.05) is 17.0 Å². The lowest BCUT2D eigenvalue weighted by Crippen LogP contribution is -2.47. The number of nitrogens with zero attached hydrogens (tertiary/aromatic N) is 3. The number of sulfonamides is 1. The van der Waals surface area contributed by atoms with Gasteiger partial charge in [-0.2, -0.15) is 0 Å². The first kappa shape index (κ1) is 20.1. The monoisotopic (exact) mass is 413 g/mol. The van der Waals surface area contributed by atoms with Gasteiger partial charge in [0.05, 0.1) is 4.90 Å². The van der Waals surface area contributed by atoms with Crippen LogP contribution in [0.4, 0.5) is 5.69 Å². The number of rotatable bonds is 3. The molecule has 1 saturated heterocycles. The topological polar surface area (TPSA) is 60.9 Å². The molecule has 2 aromatic rings. The number of likely N-dealkylation sites (N-methyl/N-ethyl adjacent to an activating group) is 1. The first-order chi connectivity index (χ1) is 13.7. The van der Waals surface area contributed by atoms with Crippen molar-refractivity contribution >= 4 is 21.6 Å². The highest BCUT2D eigenvalue weighted by Gasteiger charge is 2.44. The number of aryl methyl sites for hydroxylation is 1. The summed E-state index contributed by atoms with van der Waals surface area (Å²) in [5, 5.41) is 0. The Morgan fingerprint density at radius 1 is 1.14 bits per heavy atom. The van der Waals surface area contributed by atoms with Gasteiger partial charge in [0.1, 0.15) is 0 Å². The van der Waals surface area contributed by atoms with Gasteiger partial charge in [0.25, 0.3) is 5.91 Å². The summed E-state index contributed by atoms with van der Waals surface area (Å²) in [5.41, 5.74) is 3.75. The van der Waals surface area contributed by atoms with Crippen LogP contribution in [-0.2, 0) is 10.0 Å². The van der Waals surface area contributed by atoms with E-state index in [1.165, 1.54) is 37.4 Å². The van der Waals surface area contributed by atoms with E-state index in [1.54, 1.807) is 12.1 Å². The molecule has 29 heavy (non-hydrogen) atoms. The van der Waals surface area contributed by atoms with Crippen LogP contribution in [0.15, 0.2) is 47.4 Å². The van der Waals surface area contributed by atoms with Crippen LogP contribution in [0.3, 0.4) is 0 Å². The zero-order valence-corrected chi connectivity index (χ0v) is 18.1. The van der Waals surface area contributed by atoms with Gasteiger partial charge in [-0.05, 0) is 56.8 Å². The molecule has 0 aromatic heterocycles. The molecule has 0 bridgehead atoms. The third-order valence-corrected chi connectivity index (χ3v) is 7.84. The second kappa shape index (κ2) is 7.23. The first-order valence-corrected chi connectivity index (χ1v) is 11.3. The molecule has 7 heteroatoms. The number of piperidine rings is 1. The number of carbonyl (C=O) groups excluding carboxylic acids is 1. The highest BCUT2D eigenvalue weighted by Crippen LogP contribution is 2.45. The average Bonchev–Trinajstić information content (AvgIpc) is 3.00. The highest BCUT2D eigenvalue weighted by molar-refractivity contribution is 7.89. The van der Waals surface area contributed by atoms with E-state index in [4.69, 9.17) is 0 Å². The molecule has 2 aliphatic rings. The van der Waals surface area contributed by atoms with Crippen LogP contribution in [0.25, 0.3) is 0 Å². The molecule has 2 atom stereocenters. The maximum Gasteiger partial charge on any atom is 0.258 e. The van der Waals surface area contributed by atoms with Crippen molar-refractivity contribution < 1.29 is 13.2 Å². The van der Waals surface area contributed by atoms with Crippen molar-refractivity contribution in [3.05, 3.63) is 59.2 Å². The van der Waals surface area contributed by atoms with E-state index < -0.39 is 10.0 Å². The molecule has 0 aliphatic carbocycles. The summed E-state index contributed by atoms with van der Waals surface area (Å²) in [6, 6.07) is 12.7. The number of hydrogen-bond acceptors (Lipinski definition) is 4. The molecule has 2 aromatic carbocycles. The second-order valence-corrected chi connectivity index (χ2v) is 10.4. The summed E-state index contributed by atoms with van der Waals surface area (Å²) in [7, 11) is 1.50. The Kier molecular flexibility index (Phi) is 5.01. The van der Waals surface area contributed by atoms with Crippen molar-refractivity contribution in [1.29, 1.82) is 0 Å². The first-order valence-electron chi connectivity index (χ1n) is 9.85. The molecular weight excluding hydrogens is 386 g/mol. The maximum atomic E-state index is 13.6. The van der Waals surface area contributed by atoms with Crippen molar-refractivity contribution in [2.24, 2.45) is 0 Å². The summed E-state index contributed by atoms with van der Waals surface area (Å²) in [5.74, 6) is 0.143. The van der Waals surface area contributed by atoms with Crippen molar-refractivity contribution in [3.8, 4) is 0 Å². The van der Waals surface area contributed by atoms with E-state index in [0.717, 1.165) is 29.5 Å². The van der Waals surface area contributed by atoms with Crippen molar-refractivity contribution in [1.82, 2.24) is 9.21 Å². The molecular formula is C22H27N3O3S. The average molecular weight is 414 g/mol. The smallest absolute Gasteiger partial charge is 0.258 e. The fourth-order valence-electron chi connectivity index (χ4n) is 4.49. The third-order valence-electron chi connectivity index (χ3n) is 6.03. The molecule has 2 aliphatic heterocycles. The molecule has 1 fully saturated rings. The van der Waals surface area contributed by atoms with Crippen LogP contribution < -0.4 is 4.90 Å². The van der Waals surface area contributed by atoms with Gasteiger partial charge in [0.2, 0.25) is 10.0 Å². The predicted molar refractivity (Wildman–Crippen MR) is 114 cm³/mol. The largest absolute Gasteiger partial charge is 0.306 e. The van der Waals surface area contributed by atoms with Crippen LogP contribution in [0.1, 0.15) is 33.8 Å². The van der Waals surface area contributed by atoms with Crippen LogP contribution in [-0.4, -0.2) is 63.8 Å². The number of carbonyl (C=O) groups is 1. The van der Waals surface area contributed by atoms with E-state index in [0.29, 0.717) is 5.56 Å². The Balaban J connectivity index is 1.76. The summed E-state index contributed by atoms with van der Waals surface area (Å²) in [4.78, 5) is 17.9. The van der Waals surface area contributed by atoms with E-state index in [9.17, 15) is 13.2 Å². The van der Waals surface area contributed by atoms with Crippen LogP contribution >= 0.6 is 0 Å². The predicted octanol–water partition coefficient (Wildman–Crippen LogP) is 2.69. The summed E-state index contributed by atoms with van der Waals surface area (Å²) < 4.78 is 26.2. The second-order valence-electron chi connectivity index (χ2n) is 8.28. The Bertz CT molecular complexity index is 1060. The Labute approximate surface area is 172 Å². The number of hydrogen-bond donors (Lipinski definition) is 0. The number of fused-ring (bicyclic) bond motifs is 3. The molecule has 0 radical (unpaired) electrons. The lowest BCUT2D eigenvalue weighted by molar-refractivity contribution is 0.0964. The van der Waals surface area contributed by atoms with Gasteiger partial charge < -0.3 is 9.80 Å². The molecule has 2 heterocycles. The number of likely N-dealkylation sites (tertiary alicyclic amines) is 1. The molecule has 6 nitrogen and oxygen atoms in total. The van der Waals surface area contributed by atoms with Gasteiger partial charge in [-0.1, -0.05) is 23.8 Å². The minimum absolute atomic E-state index is 0.101. The Hall–Kier alpha value is -2.22. The lowest BCUT2D eigenvalue weighted by Gasteiger charge is -2.36. The zero-order valence-electron chi connectivity index (χ0n) is 17.3. The number of benzene rings is 2. The van der Waals surface area contributed by atoms with Crippen LogP contribution in [0.2, 0.25) is 0 Å². The Morgan fingerprint density at radius 3 is 2.62 bits per heavy atom. The van der Waals surface area contributed by atoms with Crippen LogP contribution in [0.5, 0.6) is 0 Å². The fraction of sp³-hybridized carbons (Fsp3) is 0.409. The van der Waals surface area contributed by atoms with E-state index in [2.05, 4.69) is 24.9 Å². The fourth-order valence-corrected chi connectivity index (χ4v) is 5.43. The lowest BCUT2D eigenvalue weighted by atomic mass is 9.88. The minimum Gasteiger partial charge on any atom is -0.306 e. The molecule has 0 unspecified atom stereocenters. The van der Waals surface area contributed by atoms with Gasteiger partial charge in [-0.3, -0.25) is 4.79 Å². The van der Waals surface area contributed by atoms with Gasteiger partial charge in [0, 0.05) is 43.9 Å². The van der Waals surface area contributed by atoms with Crippen molar-refractivity contribution in [3.63, 3.8) is 0 Å². The normalized spacial score (nSPS) is 21.9. The number of amides is 1. The Morgan fingerprint density at radius 2 is 1.90 bits per heavy atom. The third kappa shape index (κ3) is 3.37. The highest BCUT2D eigenvalue weighted by atomic mass is 32.2. The maximum absolute atomic E-state index is 13.6.